The molecule has 9 heterocycles. The fraction of sp³-hybridized carbons (Fsp3) is 0.500. The molecule has 4 aromatic heterocycles. The Morgan fingerprint density at radius 2 is 0.945 bits per heavy atom. The van der Waals surface area contributed by atoms with Gasteiger partial charge in [0.25, 0.3) is 0 Å². The highest BCUT2D eigenvalue weighted by atomic mass is 32.2. The summed E-state index contributed by atoms with van der Waals surface area (Å²) in [4.78, 5) is 9.26. The van der Waals surface area contributed by atoms with E-state index in [0.29, 0.717) is 77.6 Å². The average molecular weight is 845 g/mol. The van der Waals surface area contributed by atoms with Crippen molar-refractivity contribution in [3.05, 3.63) is 42.0 Å². The van der Waals surface area contributed by atoms with Gasteiger partial charge in [-0.05, 0) is 53.4 Å². The molecule has 55 heavy (non-hydrogen) atoms. The number of hydrogen-bond acceptors (Lipinski definition) is 15. The van der Waals surface area contributed by atoms with Crippen molar-refractivity contribution >= 4 is 57.1 Å². The molecule has 1 unspecified atom stereocenters. The number of aryl methyl sites for hydroxylation is 1. The molecule has 1 saturated heterocycles. The molecule has 0 bridgehead atoms. The van der Waals surface area contributed by atoms with Crippen LogP contribution in [0.4, 0.5) is 0 Å². The van der Waals surface area contributed by atoms with Crippen LogP contribution in [0.25, 0.3) is 19.5 Å². The molecule has 4 aromatic rings. The third kappa shape index (κ3) is 5.89. The van der Waals surface area contributed by atoms with Gasteiger partial charge in [-0.25, -0.2) is 0 Å². The van der Waals surface area contributed by atoms with Gasteiger partial charge in [-0.15, -0.1) is 57.1 Å². The first kappa shape index (κ1) is 37.2. The molecule has 1 atom stereocenters. The maximum atomic E-state index is 6.52. The van der Waals surface area contributed by atoms with Crippen molar-refractivity contribution in [3.63, 3.8) is 0 Å². The second kappa shape index (κ2) is 14.5. The van der Waals surface area contributed by atoms with Gasteiger partial charge in [0.05, 0.1) is 34.1 Å². The van der Waals surface area contributed by atoms with Crippen molar-refractivity contribution in [3.8, 4) is 65.5 Å². The van der Waals surface area contributed by atoms with Gasteiger partial charge in [-0.2, -0.15) is 0 Å². The Kier molecular flexibility index (Phi) is 9.84. The van der Waals surface area contributed by atoms with Gasteiger partial charge in [-0.3, -0.25) is 0 Å². The first-order valence-corrected chi connectivity index (χ1v) is 23.1. The van der Waals surface area contributed by atoms with Crippen molar-refractivity contribution < 1.29 is 47.4 Å². The molecule has 0 saturated carbocycles. The molecule has 0 aliphatic carbocycles. The zero-order chi connectivity index (χ0) is 38.1. The van der Waals surface area contributed by atoms with Crippen LogP contribution in [0.5, 0.6) is 46.0 Å². The average Bonchev–Trinajstić information content (AvgIpc) is 3.99. The molecule has 5 aliphatic rings. The van der Waals surface area contributed by atoms with Gasteiger partial charge in [0.2, 0.25) is 0 Å². The summed E-state index contributed by atoms with van der Waals surface area (Å²) in [5.74, 6) is 7.68. The van der Waals surface area contributed by atoms with E-state index in [4.69, 9.17) is 47.4 Å². The third-order valence-electron chi connectivity index (χ3n) is 10.5. The SMILES string of the molecule is C/C=C1\OCCO\C1=C(\SC)C(C)(CC)c1sc(-c2sc(-c3sc(C(C)(C)c4sc(C)c5c4OCCO5)c4c3OCCO4)c3c2OCCO3)c2c1OCCO2. The molecule has 294 valence electrons. The zero-order valence-electron chi connectivity index (χ0n) is 32.0. The molecule has 9 rings (SSSR count). The number of fused-ring (bicyclic) bond motifs is 4. The molecule has 5 aliphatic heterocycles. The summed E-state index contributed by atoms with van der Waals surface area (Å²) >= 11 is 8.42. The van der Waals surface area contributed by atoms with E-state index in [0.717, 1.165) is 96.4 Å². The summed E-state index contributed by atoms with van der Waals surface area (Å²) < 4.78 is 63.7. The molecular weight excluding hydrogens is 801 g/mol. The standard InChI is InChI=1S/C40H44O10S5/c1-8-21-23(43-11-10-41-21)37(51-7)40(6,9-2)38-30-27(47-16-19-50-30)34(55-38)32-25-24(44-13-14-45-25)31(53-32)33-26-29(49-18-15-46-26)36(54-33)39(4,5)35-28-22(20(3)52-35)42-12-17-48-28/h8H,9-19H2,1-7H3/b21-8-,37-23+. The summed E-state index contributed by atoms with van der Waals surface area (Å²) in [5.41, 5.74) is -0.919. The van der Waals surface area contributed by atoms with Crippen LogP contribution in [0, 0.1) is 6.92 Å². The van der Waals surface area contributed by atoms with E-state index in [1.165, 1.54) is 0 Å². The minimum Gasteiger partial charge on any atom is -0.486 e. The number of rotatable bonds is 8. The van der Waals surface area contributed by atoms with Crippen molar-refractivity contribution in [1.29, 1.82) is 0 Å². The predicted molar refractivity (Wildman–Crippen MR) is 220 cm³/mol. The Bertz CT molecular complexity index is 2200. The van der Waals surface area contributed by atoms with E-state index >= 15 is 0 Å². The molecule has 0 amide bonds. The Labute approximate surface area is 341 Å². The van der Waals surface area contributed by atoms with Crippen molar-refractivity contribution in [1.82, 2.24) is 0 Å². The molecule has 0 radical (unpaired) electrons. The topological polar surface area (TPSA) is 92.3 Å². The monoisotopic (exact) mass is 844 g/mol. The first-order valence-electron chi connectivity index (χ1n) is 18.6. The maximum Gasteiger partial charge on any atom is 0.181 e. The fourth-order valence-electron chi connectivity index (χ4n) is 7.65. The van der Waals surface area contributed by atoms with Crippen molar-refractivity contribution in [2.24, 2.45) is 0 Å². The number of thiophene rings is 4. The summed E-state index contributed by atoms with van der Waals surface area (Å²) in [6, 6.07) is 0. The molecule has 0 aromatic carbocycles. The Morgan fingerprint density at radius 1 is 0.545 bits per heavy atom. The lowest BCUT2D eigenvalue weighted by Crippen LogP contribution is -2.27. The van der Waals surface area contributed by atoms with Crippen molar-refractivity contribution in [2.45, 2.75) is 58.8 Å². The van der Waals surface area contributed by atoms with Crippen LogP contribution >= 0.6 is 57.1 Å². The van der Waals surface area contributed by atoms with Gasteiger partial charge in [-0.1, -0.05) is 6.92 Å². The number of allylic oxidation sites excluding steroid dienone is 2. The van der Waals surface area contributed by atoms with Gasteiger partial charge in [0.15, 0.2) is 57.5 Å². The first-order chi connectivity index (χ1) is 26.7. The highest BCUT2D eigenvalue weighted by Gasteiger charge is 2.45. The molecule has 10 nitrogen and oxygen atoms in total. The molecule has 0 spiro atoms. The smallest absolute Gasteiger partial charge is 0.181 e. The van der Waals surface area contributed by atoms with Crippen LogP contribution < -0.4 is 37.9 Å². The Balaban J connectivity index is 1.20. The van der Waals surface area contributed by atoms with E-state index in [1.807, 2.05) is 13.0 Å². The minimum atomic E-state index is -0.462. The van der Waals surface area contributed by atoms with Gasteiger partial charge < -0.3 is 47.4 Å². The summed E-state index contributed by atoms with van der Waals surface area (Å²) in [6.07, 6.45) is 4.89. The van der Waals surface area contributed by atoms with Gasteiger partial charge in [0.1, 0.15) is 66.1 Å². The highest BCUT2D eigenvalue weighted by Crippen LogP contribution is 2.66. The Hall–Kier alpha value is -3.37. The van der Waals surface area contributed by atoms with E-state index in [-0.39, 0.29) is 0 Å². The quantitative estimate of drug-likeness (QED) is 0.170. The second-order valence-corrected chi connectivity index (χ2v) is 19.3. The number of thioether (sulfide) groups is 1. The number of ether oxygens (including phenoxy) is 10. The molecule has 0 N–H and O–H groups in total. The van der Waals surface area contributed by atoms with Crippen LogP contribution in [0.2, 0.25) is 0 Å². The lowest BCUT2D eigenvalue weighted by atomic mass is 9.83. The van der Waals surface area contributed by atoms with Crippen molar-refractivity contribution in [2.75, 3.05) is 72.3 Å². The van der Waals surface area contributed by atoms with Gasteiger partial charge in [0, 0.05) is 20.6 Å². The zero-order valence-corrected chi connectivity index (χ0v) is 36.1. The third-order valence-corrected chi connectivity index (χ3v) is 17.3. The maximum absolute atomic E-state index is 6.52. The summed E-state index contributed by atoms with van der Waals surface area (Å²) in [7, 11) is 0. The predicted octanol–water partition coefficient (Wildman–Crippen LogP) is 10.2. The van der Waals surface area contributed by atoms with Crippen LogP contribution in [0.15, 0.2) is 22.5 Å². The van der Waals surface area contributed by atoms with Crippen LogP contribution in [-0.2, 0) is 20.3 Å². The van der Waals surface area contributed by atoms with Gasteiger partial charge >= 0.3 is 0 Å². The van der Waals surface area contributed by atoms with E-state index in [2.05, 4.69) is 40.9 Å². The largest absolute Gasteiger partial charge is 0.486 e. The molecule has 15 heteroatoms. The lowest BCUT2D eigenvalue weighted by molar-refractivity contribution is 0.0570. The molecular formula is C40H44O10S5. The summed E-state index contributed by atoms with van der Waals surface area (Å²) in [5, 5.41) is 0. The Morgan fingerprint density at radius 3 is 1.47 bits per heavy atom. The van der Waals surface area contributed by atoms with Crippen LogP contribution in [0.1, 0.15) is 60.5 Å². The highest BCUT2D eigenvalue weighted by molar-refractivity contribution is 8.02. The second-order valence-electron chi connectivity index (χ2n) is 14.2. The lowest BCUT2D eigenvalue weighted by Gasteiger charge is -2.34. The van der Waals surface area contributed by atoms with E-state index in [9.17, 15) is 0 Å². The number of hydrogen-bond donors (Lipinski definition) is 0. The van der Waals surface area contributed by atoms with Crippen LogP contribution in [0.3, 0.4) is 0 Å². The van der Waals surface area contributed by atoms with E-state index in [1.54, 1.807) is 57.1 Å². The fourth-order valence-corrected chi connectivity index (χ4v) is 14.1. The molecule has 1 fully saturated rings. The summed E-state index contributed by atoms with van der Waals surface area (Å²) in [6.45, 7) is 17.8. The van der Waals surface area contributed by atoms with E-state index < -0.39 is 10.8 Å². The van der Waals surface area contributed by atoms with Crippen LogP contribution in [-0.4, -0.2) is 72.3 Å². The minimum absolute atomic E-state index is 0.443. The normalized spacial score (nSPS) is 20.1.